The lowest BCUT2D eigenvalue weighted by Crippen LogP contribution is -2.41. The van der Waals surface area contributed by atoms with Crippen LogP contribution in [0.15, 0.2) is 24.3 Å². The Morgan fingerprint density at radius 2 is 1.88 bits per heavy atom. The lowest BCUT2D eigenvalue weighted by molar-refractivity contribution is -0.140. The van der Waals surface area contributed by atoms with Gasteiger partial charge in [0.15, 0.2) is 0 Å². The Hall–Kier alpha value is -1.43. The summed E-state index contributed by atoms with van der Waals surface area (Å²) in [5.41, 5.74) is 2.39. The molecule has 0 saturated heterocycles. The molecule has 24 heavy (non-hydrogen) atoms. The fraction of sp³-hybridized carbons (Fsp3) is 0.632. The number of aliphatic hydroxyl groups is 1. The molecule has 1 aliphatic carbocycles. The van der Waals surface area contributed by atoms with Gasteiger partial charge < -0.3 is 19.6 Å². The first-order valence-electron chi connectivity index (χ1n) is 8.59. The SMILES string of the molecule is CO[C@@H]1C[C@H](C(=O)N(C)Cc2cccc(CN(C)C)c2)CC[C@@H]1O. The number of nitrogens with zero attached hydrogens (tertiary/aromatic N) is 2. The van der Waals surface area contributed by atoms with Crippen LogP contribution in [0.5, 0.6) is 0 Å². The largest absolute Gasteiger partial charge is 0.390 e. The van der Waals surface area contributed by atoms with E-state index in [2.05, 4.69) is 23.1 Å². The Kier molecular flexibility index (Phi) is 6.78. The van der Waals surface area contributed by atoms with Crippen molar-refractivity contribution in [2.75, 3.05) is 28.3 Å². The van der Waals surface area contributed by atoms with Crippen molar-refractivity contribution in [3.63, 3.8) is 0 Å². The number of hydrogen-bond acceptors (Lipinski definition) is 4. The quantitative estimate of drug-likeness (QED) is 0.863. The third-order valence-corrected chi connectivity index (χ3v) is 4.70. The number of aliphatic hydroxyl groups excluding tert-OH is 1. The van der Waals surface area contributed by atoms with Crippen LogP contribution in [0.2, 0.25) is 0 Å². The smallest absolute Gasteiger partial charge is 0.225 e. The van der Waals surface area contributed by atoms with Gasteiger partial charge in [0.1, 0.15) is 0 Å². The second-order valence-corrected chi connectivity index (χ2v) is 7.10. The topological polar surface area (TPSA) is 53.0 Å². The summed E-state index contributed by atoms with van der Waals surface area (Å²) in [6, 6.07) is 8.37. The number of hydrogen-bond donors (Lipinski definition) is 1. The third-order valence-electron chi connectivity index (χ3n) is 4.70. The number of methoxy groups -OCH3 is 1. The maximum absolute atomic E-state index is 12.7. The summed E-state index contributed by atoms with van der Waals surface area (Å²) < 4.78 is 5.31. The zero-order valence-electron chi connectivity index (χ0n) is 15.2. The number of carbonyl (C=O) groups is 1. The Bertz CT molecular complexity index is 547. The van der Waals surface area contributed by atoms with Gasteiger partial charge in [0.05, 0.1) is 12.2 Å². The van der Waals surface area contributed by atoms with E-state index in [1.54, 1.807) is 12.0 Å². The van der Waals surface area contributed by atoms with Crippen LogP contribution in [0, 0.1) is 5.92 Å². The van der Waals surface area contributed by atoms with Crippen molar-refractivity contribution in [1.29, 1.82) is 0 Å². The summed E-state index contributed by atoms with van der Waals surface area (Å²) in [4.78, 5) is 16.6. The summed E-state index contributed by atoms with van der Waals surface area (Å²) >= 11 is 0. The molecule has 1 saturated carbocycles. The predicted octanol–water partition coefficient (Wildman–Crippen LogP) is 1.88. The van der Waals surface area contributed by atoms with Crippen LogP contribution in [-0.4, -0.2) is 61.3 Å². The van der Waals surface area contributed by atoms with E-state index in [1.165, 1.54) is 5.56 Å². The maximum atomic E-state index is 12.7. The van der Waals surface area contributed by atoms with Gasteiger partial charge in [-0.15, -0.1) is 0 Å². The van der Waals surface area contributed by atoms with Gasteiger partial charge in [-0.2, -0.15) is 0 Å². The van der Waals surface area contributed by atoms with Crippen molar-refractivity contribution in [3.8, 4) is 0 Å². The van der Waals surface area contributed by atoms with Gasteiger partial charge in [0, 0.05) is 33.2 Å². The number of rotatable bonds is 6. The molecule has 3 atom stereocenters. The average molecular weight is 334 g/mol. The van der Waals surface area contributed by atoms with E-state index in [0.717, 1.165) is 18.5 Å². The van der Waals surface area contributed by atoms with Gasteiger partial charge in [0.2, 0.25) is 5.91 Å². The van der Waals surface area contributed by atoms with Crippen LogP contribution in [0.3, 0.4) is 0 Å². The molecule has 2 rings (SSSR count). The van der Waals surface area contributed by atoms with Crippen molar-refractivity contribution >= 4 is 5.91 Å². The van der Waals surface area contributed by atoms with Gasteiger partial charge in [-0.05, 0) is 44.5 Å². The van der Waals surface area contributed by atoms with Crippen LogP contribution in [0.4, 0.5) is 0 Å². The first-order valence-corrected chi connectivity index (χ1v) is 8.59. The molecule has 0 radical (unpaired) electrons. The fourth-order valence-corrected chi connectivity index (χ4v) is 3.45. The number of ether oxygens (including phenoxy) is 1. The van der Waals surface area contributed by atoms with Crippen LogP contribution >= 0.6 is 0 Å². The standard InChI is InChI=1S/C19H30N2O3/c1-20(2)12-14-6-5-7-15(10-14)13-21(3)19(23)16-8-9-17(22)18(11-16)24-4/h5-7,10,16-18,22H,8-9,11-13H2,1-4H3/t16-,17+,18-/m1/s1. The van der Waals surface area contributed by atoms with Crippen molar-refractivity contribution in [1.82, 2.24) is 9.80 Å². The summed E-state index contributed by atoms with van der Waals surface area (Å²) in [5.74, 6) is 0.0790. The minimum Gasteiger partial charge on any atom is -0.390 e. The van der Waals surface area contributed by atoms with Crippen LogP contribution in [0.1, 0.15) is 30.4 Å². The third kappa shape index (κ3) is 5.03. The highest BCUT2D eigenvalue weighted by Gasteiger charge is 2.34. The second kappa shape index (κ2) is 8.60. The highest BCUT2D eigenvalue weighted by molar-refractivity contribution is 5.78. The number of carbonyl (C=O) groups excluding carboxylic acids is 1. The zero-order valence-corrected chi connectivity index (χ0v) is 15.2. The number of amides is 1. The minimum absolute atomic E-state index is 0.0618. The van der Waals surface area contributed by atoms with Crippen LogP contribution < -0.4 is 0 Å². The molecule has 1 aliphatic rings. The van der Waals surface area contributed by atoms with E-state index in [1.807, 2.05) is 27.2 Å². The Labute approximate surface area is 145 Å². The Morgan fingerprint density at radius 3 is 2.50 bits per heavy atom. The molecule has 1 N–H and O–H groups in total. The predicted molar refractivity (Wildman–Crippen MR) is 94.5 cm³/mol. The van der Waals surface area contributed by atoms with Crippen molar-refractivity contribution in [2.45, 2.75) is 44.6 Å². The van der Waals surface area contributed by atoms with E-state index in [-0.39, 0.29) is 17.9 Å². The summed E-state index contributed by atoms with van der Waals surface area (Å²) in [7, 11) is 7.55. The molecule has 1 fully saturated rings. The molecule has 0 unspecified atom stereocenters. The molecule has 0 heterocycles. The van der Waals surface area contributed by atoms with Gasteiger partial charge in [0.25, 0.3) is 0 Å². The molecule has 1 aromatic rings. The molecular weight excluding hydrogens is 304 g/mol. The molecule has 134 valence electrons. The van der Waals surface area contributed by atoms with Gasteiger partial charge >= 0.3 is 0 Å². The second-order valence-electron chi connectivity index (χ2n) is 7.10. The highest BCUT2D eigenvalue weighted by atomic mass is 16.5. The van der Waals surface area contributed by atoms with E-state index in [0.29, 0.717) is 19.4 Å². The lowest BCUT2D eigenvalue weighted by Gasteiger charge is -2.33. The molecule has 0 spiro atoms. The molecule has 0 bridgehead atoms. The molecular formula is C19H30N2O3. The van der Waals surface area contributed by atoms with Gasteiger partial charge in [-0.3, -0.25) is 4.79 Å². The van der Waals surface area contributed by atoms with Gasteiger partial charge in [-0.1, -0.05) is 24.3 Å². The van der Waals surface area contributed by atoms with E-state index >= 15 is 0 Å². The number of benzene rings is 1. The summed E-state index contributed by atoms with van der Waals surface area (Å²) in [6.07, 6.45) is 1.27. The van der Waals surface area contributed by atoms with Crippen molar-refractivity contribution in [3.05, 3.63) is 35.4 Å². The van der Waals surface area contributed by atoms with Crippen LogP contribution in [0.25, 0.3) is 0 Å². The summed E-state index contributed by atoms with van der Waals surface area (Å²) in [6.45, 7) is 1.50. The summed E-state index contributed by atoms with van der Waals surface area (Å²) in [5, 5.41) is 9.89. The van der Waals surface area contributed by atoms with E-state index in [4.69, 9.17) is 4.74 Å². The Morgan fingerprint density at radius 1 is 1.21 bits per heavy atom. The van der Waals surface area contributed by atoms with Crippen molar-refractivity contribution in [2.24, 2.45) is 5.92 Å². The fourth-order valence-electron chi connectivity index (χ4n) is 3.45. The van der Waals surface area contributed by atoms with Crippen LogP contribution in [-0.2, 0) is 22.6 Å². The highest BCUT2D eigenvalue weighted by Crippen LogP contribution is 2.28. The molecule has 5 heteroatoms. The molecule has 1 aromatic carbocycles. The molecule has 1 amide bonds. The molecule has 5 nitrogen and oxygen atoms in total. The average Bonchev–Trinajstić information content (AvgIpc) is 2.54. The first kappa shape index (κ1) is 18.9. The monoisotopic (exact) mass is 334 g/mol. The lowest BCUT2D eigenvalue weighted by atomic mass is 9.84. The van der Waals surface area contributed by atoms with E-state index < -0.39 is 6.10 Å². The van der Waals surface area contributed by atoms with E-state index in [9.17, 15) is 9.90 Å². The van der Waals surface area contributed by atoms with Gasteiger partial charge in [-0.25, -0.2) is 0 Å². The Balaban J connectivity index is 1.96. The normalized spacial score (nSPS) is 24.2. The molecule has 0 aromatic heterocycles. The molecule has 0 aliphatic heterocycles. The minimum atomic E-state index is -0.452. The maximum Gasteiger partial charge on any atom is 0.225 e. The first-order chi connectivity index (χ1) is 11.4. The van der Waals surface area contributed by atoms with Crippen molar-refractivity contribution < 1.29 is 14.6 Å². The zero-order chi connectivity index (χ0) is 17.7.